The molecule has 0 aromatic heterocycles. The molecule has 0 heterocycles. The zero-order chi connectivity index (χ0) is 13.7. The molecule has 3 heteroatoms. The van der Waals surface area contributed by atoms with Crippen LogP contribution in [0.15, 0.2) is 18.2 Å². The van der Waals surface area contributed by atoms with Crippen molar-refractivity contribution in [1.29, 1.82) is 0 Å². The monoisotopic (exact) mass is 264 g/mol. The van der Waals surface area contributed by atoms with Crippen LogP contribution in [-0.2, 0) is 11.2 Å². The topological polar surface area (TPSA) is 38.7 Å². The van der Waals surface area contributed by atoms with Crippen LogP contribution in [0.4, 0.5) is 0 Å². The molecule has 1 N–H and O–H groups in total. The zero-order valence-electron chi connectivity index (χ0n) is 11.9. The number of aliphatic hydroxyl groups is 1. The Morgan fingerprint density at radius 1 is 1.26 bits per heavy atom. The quantitative estimate of drug-likeness (QED) is 0.769. The van der Waals surface area contributed by atoms with E-state index in [1.165, 1.54) is 5.56 Å². The van der Waals surface area contributed by atoms with Gasteiger partial charge in [-0.05, 0) is 48.4 Å². The standard InChI is InChI=1S/C16H24O3/c1-12(2)7-8-18-9-10-19-14-4-5-15-13(11-14)3-6-16(15)17/h4-5,11-12,16-17H,3,6-10H2,1-2H3/t16-/m0/s1. The molecule has 2 rings (SSSR count). The first kappa shape index (κ1) is 14.4. The van der Waals surface area contributed by atoms with Gasteiger partial charge < -0.3 is 14.6 Å². The van der Waals surface area contributed by atoms with Gasteiger partial charge in [0, 0.05) is 6.61 Å². The molecule has 106 valence electrons. The van der Waals surface area contributed by atoms with Crippen molar-refractivity contribution in [3.63, 3.8) is 0 Å². The first-order chi connectivity index (χ1) is 9.16. The molecule has 0 aliphatic heterocycles. The number of hydrogen-bond acceptors (Lipinski definition) is 3. The fourth-order valence-electron chi connectivity index (χ4n) is 2.30. The smallest absolute Gasteiger partial charge is 0.119 e. The van der Waals surface area contributed by atoms with Crippen LogP contribution in [-0.4, -0.2) is 24.9 Å². The van der Waals surface area contributed by atoms with Crippen LogP contribution in [0, 0.1) is 5.92 Å². The lowest BCUT2D eigenvalue weighted by atomic mass is 10.1. The van der Waals surface area contributed by atoms with Crippen molar-refractivity contribution in [1.82, 2.24) is 0 Å². The van der Waals surface area contributed by atoms with Crippen molar-refractivity contribution in [3.8, 4) is 5.75 Å². The van der Waals surface area contributed by atoms with Gasteiger partial charge in [0.25, 0.3) is 0 Å². The summed E-state index contributed by atoms with van der Waals surface area (Å²) in [5.41, 5.74) is 2.27. The highest BCUT2D eigenvalue weighted by Crippen LogP contribution is 2.33. The summed E-state index contributed by atoms with van der Waals surface area (Å²) in [4.78, 5) is 0. The summed E-state index contributed by atoms with van der Waals surface area (Å²) in [6, 6.07) is 5.95. The maximum atomic E-state index is 9.73. The molecule has 0 fully saturated rings. The zero-order valence-corrected chi connectivity index (χ0v) is 11.9. The average Bonchev–Trinajstić information content (AvgIpc) is 2.75. The number of hydrogen-bond donors (Lipinski definition) is 1. The number of aryl methyl sites for hydroxylation is 1. The summed E-state index contributed by atoms with van der Waals surface area (Å²) in [5, 5.41) is 9.73. The van der Waals surface area contributed by atoms with Gasteiger partial charge in [0.15, 0.2) is 0 Å². The summed E-state index contributed by atoms with van der Waals surface area (Å²) >= 11 is 0. The molecule has 1 aliphatic rings. The molecule has 1 aromatic carbocycles. The van der Waals surface area contributed by atoms with E-state index in [2.05, 4.69) is 13.8 Å². The lowest BCUT2D eigenvalue weighted by Gasteiger charge is -2.10. The van der Waals surface area contributed by atoms with E-state index in [-0.39, 0.29) is 6.10 Å². The molecule has 0 amide bonds. The van der Waals surface area contributed by atoms with Crippen LogP contribution in [0.1, 0.15) is 43.9 Å². The van der Waals surface area contributed by atoms with Crippen LogP contribution in [0.5, 0.6) is 5.75 Å². The first-order valence-corrected chi connectivity index (χ1v) is 7.18. The first-order valence-electron chi connectivity index (χ1n) is 7.18. The predicted octanol–water partition coefficient (Wildman–Crippen LogP) is 3.11. The molecule has 0 spiro atoms. The Morgan fingerprint density at radius 3 is 2.89 bits per heavy atom. The molecule has 0 saturated heterocycles. The average molecular weight is 264 g/mol. The minimum Gasteiger partial charge on any atom is -0.491 e. The highest BCUT2D eigenvalue weighted by atomic mass is 16.5. The fourth-order valence-corrected chi connectivity index (χ4v) is 2.30. The maximum Gasteiger partial charge on any atom is 0.119 e. The van der Waals surface area contributed by atoms with Gasteiger partial charge in [0.2, 0.25) is 0 Å². The summed E-state index contributed by atoms with van der Waals surface area (Å²) in [6.07, 6.45) is 2.58. The lowest BCUT2D eigenvalue weighted by Crippen LogP contribution is -2.08. The number of ether oxygens (including phenoxy) is 2. The van der Waals surface area contributed by atoms with Crippen molar-refractivity contribution in [3.05, 3.63) is 29.3 Å². The van der Waals surface area contributed by atoms with Gasteiger partial charge in [-0.25, -0.2) is 0 Å². The number of benzene rings is 1. The Hall–Kier alpha value is -1.06. The number of rotatable bonds is 7. The van der Waals surface area contributed by atoms with E-state index in [0.29, 0.717) is 19.1 Å². The molecule has 3 nitrogen and oxygen atoms in total. The van der Waals surface area contributed by atoms with E-state index in [0.717, 1.165) is 37.2 Å². The molecule has 1 aromatic rings. The summed E-state index contributed by atoms with van der Waals surface area (Å²) in [5.74, 6) is 1.56. The normalized spacial score (nSPS) is 17.8. The van der Waals surface area contributed by atoms with E-state index in [9.17, 15) is 5.11 Å². The molecule has 0 saturated carbocycles. The lowest BCUT2D eigenvalue weighted by molar-refractivity contribution is 0.0925. The van der Waals surface area contributed by atoms with Gasteiger partial charge in [-0.1, -0.05) is 19.9 Å². The van der Waals surface area contributed by atoms with Crippen LogP contribution in [0.25, 0.3) is 0 Å². The molecular formula is C16H24O3. The molecule has 0 unspecified atom stereocenters. The minimum absolute atomic E-state index is 0.289. The van der Waals surface area contributed by atoms with Gasteiger partial charge >= 0.3 is 0 Å². The molecule has 0 radical (unpaired) electrons. The predicted molar refractivity (Wildman–Crippen MR) is 75.5 cm³/mol. The van der Waals surface area contributed by atoms with Crippen molar-refractivity contribution >= 4 is 0 Å². The van der Waals surface area contributed by atoms with Crippen LogP contribution in [0.3, 0.4) is 0 Å². The van der Waals surface area contributed by atoms with Gasteiger partial charge in [0.1, 0.15) is 12.4 Å². The summed E-state index contributed by atoms with van der Waals surface area (Å²) < 4.78 is 11.2. The Kier molecular flexibility index (Phi) is 5.23. The Balaban J connectivity index is 1.69. The van der Waals surface area contributed by atoms with Crippen molar-refractivity contribution in [2.24, 2.45) is 5.92 Å². The van der Waals surface area contributed by atoms with Gasteiger partial charge in [-0.15, -0.1) is 0 Å². The molecular weight excluding hydrogens is 240 g/mol. The molecule has 19 heavy (non-hydrogen) atoms. The van der Waals surface area contributed by atoms with E-state index >= 15 is 0 Å². The third-order valence-electron chi connectivity index (χ3n) is 3.50. The largest absolute Gasteiger partial charge is 0.491 e. The maximum absolute atomic E-state index is 9.73. The number of aliphatic hydroxyl groups excluding tert-OH is 1. The highest BCUT2D eigenvalue weighted by Gasteiger charge is 2.20. The Labute approximate surface area is 115 Å². The SMILES string of the molecule is CC(C)CCOCCOc1ccc2c(c1)CC[C@@H]2O. The van der Waals surface area contributed by atoms with Crippen molar-refractivity contribution in [2.45, 2.75) is 39.2 Å². The summed E-state index contributed by atoms with van der Waals surface area (Å²) in [7, 11) is 0. The van der Waals surface area contributed by atoms with Crippen molar-refractivity contribution in [2.75, 3.05) is 19.8 Å². The van der Waals surface area contributed by atoms with Gasteiger partial charge in [0.05, 0.1) is 12.7 Å². The Morgan fingerprint density at radius 2 is 2.11 bits per heavy atom. The second-order valence-electron chi connectivity index (χ2n) is 5.56. The van der Waals surface area contributed by atoms with E-state index in [1.807, 2.05) is 18.2 Å². The van der Waals surface area contributed by atoms with E-state index < -0.39 is 0 Å². The fraction of sp³-hybridized carbons (Fsp3) is 0.625. The third kappa shape index (κ3) is 4.22. The van der Waals surface area contributed by atoms with Gasteiger partial charge in [-0.3, -0.25) is 0 Å². The third-order valence-corrected chi connectivity index (χ3v) is 3.50. The Bertz CT molecular complexity index is 401. The second kappa shape index (κ2) is 6.92. The van der Waals surface area contributed by atoms with Crippen LogP contribution in [0.2, 0.25) is 0 Å². The molecule has 0 bridgehead atoms. The summed E-state index contributed by atoms with van der Waals surface area (Å²) in [6.45, 7) is 6.40. The highest BCUT2D eigenvalue weighted by molar-refractivity contribution is 5.39. The molecule has 1 atom stereocenters. The van der Waals surface area contributed by atoms with Crippen LogP contribution >= 0.6 is 0 Å². The second-order valence-corrected chi connectivity index (χ2v) is 5.56. The van der Waals surface area contributed by atoms with Crippen molar-refractivity contribution < 1.29 is 14.6 Å². The number of fused-ring (bicyclic) bond motifs is 1. The van der Waals surface area contributed by atoms with Crippen LogP contribution < -0.4 is 4.74 Å². The van der Waals surface area contributed by atoms with Gasteiger partial charge in [-0.2, -0.15) is 0 Å². The van der Waals surface area contributed by atoms with E-state index in [1.54, 1.807) is 0 Å². The minimum atomic E-state index is -0.289. The molecule has 1 aliphatic carbocycles. The van der Waals surface area contributed by atoms with E-state index in [4.69, 9.17) is 9.47 Å².